The molecule has 0 saturated heterocycles. The van der Waals surface area contributed by atoms with Gasteiger partial charge in [0.15, 0.2) is 0 Å². The van der Waals surface area contributed by atoms with Gasteiger partial charge in [-0.05, 0) is 56.2 Å². The van der Waals surface area contributed by atoms with E-state index < -0.39 is 0 Å². The number of hydrogen-bond acceptors (Lipinski definition) is 2. The normalized spacial score (nSPS) is 27.0. The van der Waals surface area contributed by atoms with Gasteiger partial charge >= 0.3 is 0 Å². The molecule has 1 N–H and O–H groups in total. The Morgan fingerprint density at radius 1 is 1.35 bits per heavy atom. The summed E-state index contributed by atoms with van der Waals surface area (Å²) in [6.07, 6.45) is 3.51. The van der Waals surface area contributed by atoms with Gasteiger partial charge in [0.25, 0.3) is 0 Å². The quantitative estimate of drug-likeness (QED) is 0.825. The predicted molar refractivity (Wildman–Crippen MR) is 83.2 cm³/mol. The van der Waals surface area contributed by atoms with Crippen LogP contribution in [0.2, 0.25) is 0 Å². The third-order valence-corrected chi connectivity index (χ3v) is 4.99. The number of anilines is 1. The molecule has 108 valence electrons. The smallest absolute Gasteiger partial charge is 0.227 e. The minimum atomic E-state index is 0.182. The molecule has 0 radical (unpaired) electrons. The fourth-order valence-electron chi connectivity index (χ4n) is 3.23. The average Bonchev–Trinajstić information content (AvgIpc) is 3.07. The Hall–Kier alpha value is -1.03. The van der Waals surface area contributed by atoms with Gasteiger partial charge in [0.1, 0.15) is 5.75 Å². The van der Waals surface area contributed by atoms with Gasteiger partial charge in [-0.3, -0.25) is 4.79 Å². The Kier molecular flexibility index (Phi) is 4.01. The van der Waals surface area contributed by atoms with E-state index in [1.54, 1.807) is 0 Å². The topological polar surface area (TPSA) is 38.3 Å². The molecule has 0 spiro atoms. The first-order valence-electron chi connectivity index (χ1n) is 7.33. The van der Waals surface area contributed by atoms with Gasteiger partial charge in [-0.2, -0.15) is 0 Å². The molecule has 0 bridgehead atoms. The second-order valence-electron chi connectivity index (χ2n) is 5.80. The summed E-state index contributed by atoms with van der Waals surface area (Å²) in [6, 6.07) is 5.85. The second-order valence-corrected chi connectivity index (χ2v) is 6.36. The molecule has 2 fully saturated rings. The van der Waals surface area contributed by atoms with Crippen LogP contribution in [0.25, 0.3) is 0 Å². The molecule has 3 nitrogen and oxygen atoms in total. The summed E-state index contributed by atoms with van der Waals surface area (Å²) >= 11 is 3.47. The van der Waals surface area contributed by atoms with Crippen molar-refractivity contribution in [2.24, 2.45) is 17.8 Å². The molecule has 2 aliphatic rings. The lowest BCUT2D eigenvalue weighted by atomic mass is 10.0. The number of alkyl halides is 1. The largest absolute Gasteiger partial charge is 0.494 e. The molecular weight excluding hydrogens is 318 g/mol. The highest BCUT2D eigenvalue weighted by Gasteiger charge is 2.47. The first-order chi connectivity index (χ1) is 9.71. The summed E-state index contributed by atoms with van der Waals surface area (Å²) in [4.78, 5) is 12.2. The van der Waals surface area contributed by atoms with Gasteiger partial charge < -0.3 is 10.1 Å². The first-order valence-corrected chi connectivity index (χ1v) is 8.46. The third kappa shape index (κ3) is 2.85. The Morgan fingerprint density at radius 2 is 2.10 bits per heavy atom. The summed E-state index contributed by atoms with van der Waals surface area (Å²) in [7, 11) is 0. The number of amides is 1. The van der Waals surface area contributed by atoms with E-state index in [1.165, 1.54) is 6.42 Å². The van der Waals surface area contributed by atoms with Gasteiger partial charge in [0.2, 0.25) is 5.91 Å². The lowest BCUT2D eigenvalue weighted by Gasteiger charge is -2.14. The van der Waals surface area contributed by atoms with Crippen molar-refractivity contribution in [1.29, 1.82) is 0 Å². The summed E-state index contributed by atoms with van der Waals surface area (Å²) in [5.74, 6) is 2.96. The zero-order valence-corrected chi connectivity index (χ0v) is 13.3. The highest BCUT2D eigenvalue weighted by molar-refractivity contribution is 9.08. The van der Waals surface area contributed by atoms with E-state index in [9.17, 15) is 4.79 Å². The highest BCUT2D eigenvalue weighted by atomic mass is 79.9. The molecule has 2 saturated carbocycles. The molecule has 2 unspecified atom stereocenters. The van der Waals surface area contributed by atoms with Gasteiger partial charge in [-0.1, -0.05) is 15.9 Å². The van der Waals surface area contributed by atoms with E-state index in [-0.39, 0.29) is 11.8 Å². The van der Waals surface area contributed by atoms with E-state index in [0.717, 1.165) is 47.0 Å². The Labute approximate surface area is 128 Å². The third-order valence-electron chi connectivity index (χ3n) is 4.39. The number of ether oxygens (including phenoxy) is 1. The summed E-state index contributed by atoms with van der Waals surface area (Å²) in [6.45, 7) is 2.62. The zero-order chi connectivity index (χ0) is 14.1. The van der Waals surface area contributed by atoms with Crippen molar-refractivity contribution in [3.63, 3.8) is 0 Å². The molecule has 20 heavy (non-hydrogen) atoms. The number of halogens is 1. The van der Waals surface area contributed by atoms with Crippen LogP contribution in [0, 0.1) is 17.8 Å². The number of carbonyl (C=O) groups excluding carboxylic acids is 1. The molecule has 1 amide bonds. The van der Waals surface area contributed by atoms with Crippen LogP contribution in [0.3, 0.4) is 0 Å². The van der Waals surface area contributed by atoms with Crippen molar-refractivity contribution < 1.29 is 9.53 Å². The number of benzene rings is 1. The van der Waals surface area contributed by atoms with E-state index in [1.807, 2.05) is 25.1 Å². The molecule has 1 aromatic rings. The summed E-state index contributed by atoms with van der Waals surface area (Å²) in [5.41, 5.74) is 1.94. The molecule has 0 heterocycles. The second kappa shape index (κ2) is 5.76. The SMILES string of the molecule is CCOc1ccc(NC(=O)C2CC3CC3C2)cc1CBr. The number of fused-ring (bicyclic) bond motifs is 1. The van der Waals surface area contributed by atoms with Gasteiger partial charge in [0, 0.05) is 22.5 Å². The van der Waals surface area contributed by atoms with Crippen molar-refractivity contribution in [2.75, 3.05) is 11.9 Å². The van der Waals surface area contributed by atoms with Crippen LogP contribution in [0.5, 0.6) is 5.75 Å². The Bertz CT molecular complexity index is 507. The molecule has 3 rings (SSSR count). The summed E-state index contributed by atoms with van der Waals surface area (Å²) in [5, 5.41) is 3.78. The van der Waals surface area contributed by atoms with Crippen LogP contribution in [-0.2, 0) is 10.1 Å². The first kappa shape index (κ1) is 13.9. The van der Waals surface area contributed by atoms with Crippen molar-refractivity contribution in [2.45, 2.75) is 31.5 Å². The van der Waals surface area contributed by atoms with Crippen LogP contribution in [-0.4, -0.2) is 12.5 Å². The highest BCUT2D eigenvalue weighted by Crippen LogP contribution is 2.54. The molecule has 0 aromatic heterocycles. The van der Waals surface area contributed by atoms with E-state index in [0.29, 0.717) is 6.61 Å². The molecular formula is C16H20BrNO2. The predicted octanol–water partition coefficient (Wildman–Crippen LogP) is 3.96. The molecule has 2 atom stereocenters. The fourth-order valence-corrected chi connectivity index (χ4v) is 3.67. The Balaban J connectivity index is 1.65. The maximum Gasteiger partial charge on any atom is 0.227 e. The number of carbonyl (C=O) groups is 1. The molecule has 0 aliphatic heterocycles. The minimum absolute atomic E-state index is 0.182. The van der Waals surface area contributed by atoms with Gasteiger partial charge in [-0.15, -0.1) is 0 Å². The van der Waals surface area contributed by atoms with E-state index >= 15 is 0 Å². The van der Waals surface area contributed by atoms with Gasteiger partial charge in [-0.25, -0.2) is 0 Å². The monoisotopic (exact) mass is 337 g/mol. The van der Waals surface area contributed by atoms with Crippen molar-refractivity contribution in [3.05, 3.63) is 23.8 Å². The van der Waals surface area contributed by atoms with Crippen LogP contribution >= 0.6 is 15.9 Å². The van der Waals surface area contributed by atoms with Crippen molar-refractivity contribution in [3.8, 4) is 5.75 Å². The van der Waals surface area contributed by atoms with Crippen molar-refractivity contribution in [1.82, 2.24) is 0 Å². The maximum absolute atomic E-state index is 12.2. The molecule has 4 heteroatoms. The van der Waals surface area contributed by atoms with Crippen molar-refractivity contribution >= 4 is 27.5 Å². The maximum atomic E-state index is 12.2. The zero-order valence-electron chi connectivity index (χ0n) is 11.7. The lowest BCUT2D eigenvalue weighted by Crippen LogP contribution is -2.21. The van der Waals surface area contributed by atoms with Crippen LogP contribution in [0.4, 0.5) is 5.69 Å². The number of rotatable bonds is 5. The number of hydrogen-bond donors (Lipinski definition) is 1. The summed E-state index contributed by atoms with van der Waals surface area (Å²) < 4.78 is 5.56. The van der Waals surface area contributed by atoms with Crippen LogP contribution in [0.15, 0.2) is 18.2 Å². The fraction of sp³-hybridized carbons (Fsp3) is 0.562. The minimum Gasteiger partial charge on any atom is -0.494 e. The van der Waals surface area contributed by atoms with Crippen LogP contribution in [0.1, 0.15) is 31.7 Å². The lowest BCUT2D eigenvalue weighted by molar-refractivity contribution is -0.120. The standard InChI is InChI=1S/C16H20BrNO2/c1-2-20-15-4-3-14(8-13(15)9-17)18-16(19)12-6-10-5-11(10)7-12/h3-4,8,10-12H,2,5-7,9H2,1H3,(H,18,19). The van der Waals surface area contributed by atoms with E-state index in [4.69, 9.17) is 4.74 Å². The average molecular weight is 338 g/mol. The Morgan fingerprint density at radius 3 is 2.75 bits per heavy atom. The molecule has 2 aliphatic carbocycles. The number of nitrogens with one attached hydrogen (secondary N) is 1. The van der Waals surface area contributed by atoms with E-state index in [2.05, 4.69) is 21.2 Å². The molecule has 1 aromatic carbocycles. The van der Waals surface area contributed by atoms with Gasteiger partial charge in [0.05, 0.1) is 6.61 Å². The van der Waals surface area contributed by atoms with Crippen LogP contribution < -0.4 is 10.1 Å².